The van der Waals surface area contributed by atoms with Gasteiger partial charge in [0, 0.05) is 0 Å². The van der Waals surface area contributed by atoms with Crippen LogP contribution in [0, 0.1) is 0 Å². The molecule has 1 rings (SSSR count). The Morgan fingerprint density at radius 2 is 1.12 bits per heavy atom. The van der Waals surface area contributed by atoms with E-state index in [9.17, 15) is 38.7 Å². The van der Waals surface area contributed by atoms with E-state index in [0.717, 1.165) is 44.9 Å². The maximum absolute atomic E-state index is 13.0. The molecule has 8 atom stereocenters. The minimum atomic E-state index is -5.09. The third-order valence-electron chi connectivity index (χ3n) is 10.0. The highest BCUT2D eigenvalue weighted by molar-refractivity contribution is 7.80. The predicted molar refractivity (Wildman–Crippen MR) is 201 cm³/mol. The van der Waals surface area contributed by atoms with Crippen molar-refractivity contribution in [1.82, 2.24) is 5.32 Å². The van der Waals surface area contributed by atoms with Crippen LogP contribution in [0.15, 0.2) is 0 Å². The number of carbonyl (C=O) groups excluding carboxylic acids is 1. The van der Waals surface area contributed by atoms with E-state index in [2.05, 4.69) is 23.3 Å². The van der Waals surface area contributed by atoms with E-state index in [1.165, 1.54) is 89.9 Å². The quantitative estimate of drug-likeness (QED) is 0.0314. The average Bonchev–Trinajstić information content (AvgIpc) is 3.11. The van der Waals surface area contributed by atoms with Crippen molar-refractivity contribution in [2.24, 2.45) is 0 Å². The number of amides is 1. The van der Waals surface area contributed by atoms with Gasteiger partial charge >= 0.3 is 10.4 Å². The molecule has 1 fully saturated rings. The van der Waals surface area contributed by atoms with Gasteiger partial charge in [-0.25, -0.2) is 4.18 Å². The van der Waals surface area contributed by atoms with E-state index in [4.69, 9.17) is 14.0 Å². The SMILES string of the molecule is CCCCCCCCCCCCCCCCCCCCC(O)C(=O)NC(COC1OC(CO)C(O)C(OS(=O)(=O)O)C1O)C(O)CCCCCCC. The van der Waals surface area contributed by atoms with Crippen LogP contribution in [0.1, 0.15) is 174 Å². The van der Waals surface area contributed by atoms with Crippen LogP contribution in [-0.2, 0) is 28.9 Å². The van der Waals surface area contributed by atoms with E-state index in [1.54, 1.807) is 0 Å². The molecule has 0 spiro atoms. The van der Waals surface area contributed by atoms with Crippen molar-refractivity contribution in [3.05, 3.63) is 0 Å². The highest BCUT2D eigenvalue weighted by Crippen LogP contribution is 2.26. The first kappa shape index (κ1) is 49.1. The fourth-order valence-electron chi connectivity index (χ4n) is 6.70. The maximum Gasteiger partial charge on any atom is 0.397 e. The Morgan fingerprint density at radius 1 is 0.692 bits per heavy atom. The number of ether oxygens (including phenoxy) is 2. The highest BCUT2D eigenvalue weighted by Gasteiger charge is 2.48. The van der Waals surface area contributed by atoms with Crippen molar-refractivity contribution in [2.45, 2.75) is 223 Å². The molecule has 14 heteroatoms. The van der Waals surface area contributed by atoms with Crippen LogP contribution < -0.4 is 5.32 Å². The Kier molecular flexibility index (Phi) is 28.6. The number of hydrogen-bond donors (Lipinski definition) is 7. The maximum atomic E-state index is 13.0. The smallest absolute Gasteiger partial charge is 0.394 e. The van der Waals surface area contributed by atoms with E-state index < -0.39 is 78.5 Å². The van der Waals surface area contributed by atoms with Gasteiger partial charge in [-0.3, -0.25) is 9.35 Å². The van der Waals surface area contributed by atoms with Crippen LogP contribution in [0.2, 0.25) is 0 Å². The summed E-state index contributed by atoms with van der Waals surface area (Å²) < 4.78 is 47.1. The van der Waals surface area contributed by atoms with Crippen LogP contribution in [0.3, 0.4) is 0 Å². The molecular formula is C38H75NO12S. The lowest BCUT2D eigenvalue weighted by Crippen LogP contribution is -2.61. The number of nitrogens with one attached hydrogen (secondary N) is 1. The Bertz CT molecular complexity index is 974. The normalized spacial score (nSPS) is 22.7. The Balaban J connectivity index is 2.44. The molecule has 1 heterocycles. The summed E-state index contributed by atoms with van der Waals surface area (Å²) in [5.41, 5.74) is 0. The van der Waals surface area contributed by atoms with E-state index >= 15 is 0 Å². The second-order valence-corrected chi connectivity index (χ2v) is 15.8. The van der Waals surface area contributed by atoms with Crippen LogP contribution in [0.5, 0.6) is 0 Å². The Labute approximate surface area is 314 Å². The molecule has 0 saturated carbocycles. The van der Waals surface area contributed by atoms with Gasteiger partial charge in [0.05, 0.1) is 25.4 Å². The zero-order valence-corrected chi connectivity index (χ0v) is 33.1. The molecule has 0 aliphatic carbocycles. The third kappa shape index (κ3) is 23.1. The summed E-state index contributed by atoms with van der Waals surface area (Å²) in [6, 6.07) is -1.02. The zero-order valence-electron chi connectivity index (χ0n) is 32.3. The van der Waals surface area contributed by atoms with Gasteiger partial charge in [-0.05, 0) is 12.8 Å². The van der Waals surface area contributed by atoms with E-state index in [1.807, 2.05) is 0 Å². The van der Waals surface area contributed by atoms with Gasteiger partial charge in [0.25, 0.3) is 0 Å². The van der Waals surface area contributed by atoms with Crippen molar-refractivity contribution in [3.8, 4) is 0 Å². The summed E-state index contributed by atoms with van der Waals surface area (Å²) in [6.07, 6.45) is 16.6. The highest BCUT2D eigenvalue weighted by atomic mass is 32.3. The van der Waals surface area contributed by atoms with Crippen molar-refractivity contribution in [3.63, 3.8) is 0 Å². The molecule has 52 heavy (non-hydrogen) atoms. The first-order chi connectivity index (χ1) is 24.9. The molecule has 7 N–H and O–H groups in total. The van der Waals surface area contributed by atoms with Crippen LogP contribution in [-0.4, -0.2) is 107 Å². The molecule has 1 aliphatic rings. The van der Waals surface area contributed by atoms with Gasteiger partial charge in [0.1, 0.15) is 30.5 Å². The molecule has 1 aliphatic heterocycles. The van der Waals surface area contributed by atoms with Gasteiger partial charge in [0.15, 0.2) is 6.29 Å². The van der Waals surface area contributed by atoms with Gasteiger partial charge in [-0.15, -0.1) is 0 Å². The summed E-state index contributed by atoms with van der Waals surface area (Å²) in [5, 5.41) is 54.7. The molecule has 0 aromatic carbocycles. The number of aliphatic hydroxyl groups is 5. The fourth-order valence-corrected chi connectivity index (χ4v) is 7.21. The van der Waals surface area contributed by atoms with Crippen LogP contribution in [0.25, 0.3) is 0 Å². The van der Waals surface area contributed by atoms with Gasteiger partial charge in [0.2, 0.25) is 5.91 Å². The fraction of sp³-hybridized carbons (Fsp3) is 0.974. The lowest BCUT2D eigenvalue weighted by Gasteiger charge is -2.41. The predicted octanol–water partition coefficient (Wildman–Crippen LogP) is 5.63. The molecule has 1 amide bonds. The topological polar surface area (TPSA) is 212 Å². The van der Waals surface area contributed by atoms with E-state index in [-0.39, 0.29) is 6.42 Å². The molecule has 1 saturated heterocycles. The molecule has 310 valence electrons. The van der Waals surface area contributed by atoms with Crippen LogP contribution in [0.4, 0.5) is 0 Å². The zero-order chi connectivity index (χ0) is 38.6. The molecule has 0 bridgehead atoms. The Hall–Kier alpha value is -0.940. The number of rotatable bonds is 34. The molecule has 13 nitrogen and oxygen atoms in total. The summed E-state index contributed by atoms with van der Waals surface area (Å²) in [7, 11) is -5.09. The summed E-state index contributed by atoms with van der Waals surface area (Å²) in [6.45, 7) is 3.15. The Morgan fingerprint density at radius 3 is 1.54 bits per heavy atom. The number of aliphatic hydroxyl groups excluding tert-OH is 5. The summed E-state index contributed by atoms with van der Waals surface area (Å²) in [5.74, 6) is -0.674. The lowest BCUT2D eigenvalue weighted by molar-refractivity contribution is -0.298. The van der Waals surface area contributed by atoms with Crippen molar-refractivity contribution in [2.75, 3.05) is 13.2 Å². The summed E-state index contributed by atoms with van der Waals surface area (Å²) in [4.78, 5) is 13.0. The van der Waals surface area contributed by atoms with Gasteiger partial charge in [-0.2, -0.15) is 8.42 Å². The van der Waals surface area contributed by atoms with Gasteiger partial charge < -0.3 is 40.3 Å². The molecule has 0 aromatic heterocycles. The van der Waals surface area contributed by atoms with Crippen molar-refractivity contribution in [1.29, 1.82) is 0 Å². The van der Waals surface area contributed by atoms with E-state index in [0.29, 0.717) is 19.3 Å². The molecule has 0 aromatic rings. The first-order valence-electron chi connectivity index (χ1n) is 20.5. The second-order valence-electron chi connectivity index (χ2n) is 14.7. The minimum Gasteiger partial charge on any atom is -0.394 e. The van der Waals surface area contributed by atoms with Crippen molar-refractivity contribution >= 4 is 16.3 Å². The summed E-state index contributed by atoms with van der Waals surface area (Å²) >= 11 is 0. The average molecular weight is 770 g/mol. The number of carbonyl (C=O) groups is 1. The third-order valence-corrected chi connectivity index (χ3v) is 10.5. The lowest BCUT2D eigenvalue weighted by atomic mass is 9.99. The number of hydrogen-bond acceptors (Lipinski definition) is 11. The minimum absolute atomic E-state index is 0.264. The molecular weight excluding hydrogens is 694 g/mol. The standard InChI is InChI=1S/C38H75NO12S/c1-3-5-7-9-10-11-12-13-14-15-16-17-18-19-20-21-23-25-27-32(42)37(45)39-30(31(41)26-24-22-8-6-4-2)29-49-38-35(44)36(51-52(46,47)48)34(43)33(28-40)50-38/h30-36,38,40-44H,3-29H2,1-2H3,(H,39,45)(H,46,47,48). The first-order valence-corrected chi connectivity index (χ1v) is 21.9. The second kappa shape index (κ2) is 30.3. The van der Waals surface area contributed by atoms with Crippen molar-refractivity contribution < 1.29 is 57.0 Å². The van der Waals surface area contributed by atoms with Gasteiger partial charge in [-0.1, -0.05) is 162 Å². The van der Waals surface area contributed by atoms with Crippen LogP contribution >= 0.6 is 0 Å². The largest absolute Gasteiger partial charge is 0.397 e. The number of unbranched alkanes of at least 4 members (excludes halogenated alkanes) is 21. The monoisotopic (exact) mass is 770 g/mol. The molecule has 0 radical (unpaired) electrons. The molecule has 8 unspecified atom stereocenters.